The van der Waals surface area contributed by atoms with Crippen LogP contribution in [0.4, 0.5) is 0 Å². The Balaban J connectivity index is 2.91. The molecule has 1 atom stereocenters. The van der Waals surface area contributed by atoms with Crippen LogP contribution in [-0.4, -0.2) is 18.9 Å². The van der Waals surface area contributed by atoms with Gasteiger partial charge in [-0.3, -0.25) is 0 Å². The Morgan fingerprint density at radius 2 is 2.00 bits per heavy atom. The normalized spacial score (nSPS) is 12.8. The Morgan fingerprint density at radius 3 is 2.56 bits per heavy atom. The zero-order valence-corrected chi connectivity index (χ0v) is 12.9. The molecule has 0 aliphatic heterocycles. The number of rotatable bonds is 7. The van der Waals surface area contributed by atoms with Gasteiger partial charge in [0, 0.05) is 17.4 Å². The zero-order chi connectivity index (χ0) is 13.5. The Labute approximate surface area is 116 Å². The number of ether oxygens (including phenoxy) is 1. The first-order valence-corrected chi connectivity index (χ1v) is 7.67. The SMILES string of the molecule is CCOc1ccc(C(C)NC)cc1CSC(C)C. The molecule has 1 aromatic rings. The van der Waals surface area contributed by atoms with Gasteiger partial charge in [-0.15, -0.1) is 0 Å². The molecule has 0 radical (unpaired) electrons. The van der Waals surface area contributed by atoms with Gasteiger partial charge >= 0.3 is 0 Å². The first-order chi connectivity index (χ1) is 8.58. The van der Waals surface area contributed by atoms with Gasteiger partial charge < -0.3 is 10.1 Å². The van der Waals surface area contributed by atoms with E-state index in [0.29, 0.717) is 11.3 Å². The fraction of sp³-hybridized carbons (Fsp3) is 0.600. The van der Waals surface area contributed by atoms with Gasteiger partial charge in [0.15, 0.2) is 0 Å². The average Bonchev–Trinajstić information content (AvgIpc) is 2.36. The number of thioether (sulfide) groups is 1. The van der Waals surface area contributed by atoms with E-state index in [1.165, 1.54) is 11.1 Å². The fourth-order valence-corrected chi connectivity index (χ4v) is 2.44. The average molecular weight is 267 g/mol. The summed E-state index contributed by atoms with van der Waals surface area (Å²) in [5, 5.41) is 3.92. The third kappa shape index (κ3) is 4.54. The van der Waals surface area contributed by atoms with E-state index in [1.54, 1.807) is 0 Å². The summed E-state index contributed by atoms with van der Waals surface area (Å²) in [7, 11) is 1.99. The highest BCUT2D eigenvalue weighted by atomic mass is 32.2. The van der Waals surface area contributed by atoms with Crippen LogP contribution in [0.1, 0.15) is 44.9 Å². The molecule has 3 heteroatoms. The van der Waals surface area contributed by atoms with Crippen molar-refractivity contribution in [1.29, 1.82) is 0 Å². The lowest BCUT2D eigenvalue weighted by atomic mass is 10.1. The molecule has 0 spiro atoms. The Kier molecular flexibility index (Phi) is 6.58. The van der Waals surface area contributed by atoms with E-state index in [0.717, 1.165) is 18.1 Å². The van der Waals surface area contributed by atoms with Crippen molar-refractivity contribution in [2.24, 2.45) is 0 Å². The largest absolute Gasteiger partial charge is 0.494 e. The first kappa shape index (κ1) is 15.4. The molecule has 102 valence electrons. The van der Waals surface area contributed by atoms with E-state index < -0.39 is 0 Å². The second-order valence-electron chi connectivity index (χ2n) is 4.67. The summed E-state index contributed by atoms with van der Waals surface area (Å²) in [5.41, 5.74) is 2.62. The van der Waals surface area contributed by atoms with Crippen molar-refractivity contribution < 1.29 is 4.74 Å². The van der Waals surface area contributed by atoms with Crippen molar-refractivity contribution in [2.45, 2.75) is 44.7 Å². The third-order valence-electron chi connectivity index (χ3n) is 2.89. The minimum atomic E-state index is 0.378. The minimum Gasteiger partial charge on any atom is -0.494 e. The predicted octanol–water partition coefficient (Wildman–Crippen LogP) is 4.01. The molecule has 2 nitrogen and oxygen atoms in total. The lowest BCUT2D eigenvalue weighted by Gasteiger charge is -2.16. The molecule has 1 rings (SSSR count). The second kappa shape index (κ2) is 7.70. The van der Waals surface area contributed by atoms with Crippen molar-refractivity contribution >= 4 is 11.8 Å². The van der Waals surface area contributed by atoms with Crippen molar-refractivity contribution in [3.05, 3.63) is 29.3 Å². The summed E-state index contributed by atoms with van der Waals surface area (Å²) in [4.78, 5) is 0. The molecule has 0 amide bonds. The van der Waals surface area contributed by atoms with E-state index in [-0.39, 0.29) is 0 Å². The maximum absolute atomic E-state index is 5.70. The molecule has 0 fully saturated rings. The molecule has 0 aliphatic rings. The number of hydrogen-bond acceptors (Lipinski definition) is 3. The highest BCUT2D eigenvalue weighted by Crippen LogP contribution is 2.28. The van der Waals surface area contributed by atoms with Gasteiger partial charge in [0.1, 0.15) is 5.75 Å². The van der Waals surface area contributed by atoms with E-state index in [4.69, 9.17) is 4.74 Å². The van der Waals surface area contributed by atoms with Gasteiger partial charge in [0.25, 0.3) is 0 Å². The first-order valence-electron chi connectivity index (χ1n) is 6.63. The third-order valence-corrected chi connectivity index (χ3v) is 4.03. The highest BCUT2D eigenvalue weighted by Gasteiger charge is 2.09. The monoisotopic (exact) mass is 267 g/mol. The number of benzene rings is 1. The lowest BCUT2D eigenvalue weighted by molar-refractivity contribution is 0.337. The summed E-state index contributed by atoms with van der Waals surface area (Å²) >= 11 is 1.95. The van der Waals surface area contributed by atoms with Crippen LogP contribution in [0.5, 0.6) is 5.75 Å². The van der Waals surface area contributed by atoms with Gasteiger partial charge in [0.2, 0.25) is 0 Å². The van der Waals surface area contributed by atoms with E-state index in [1.807, 2.05) is 25.7 Å². The predicted molar refractivity (Wildman–Crippen MR) is 81.5 cm³/mol. The molecule has 0 saturated carbocycles. The fourth-order valence-electron chi connectivity index (χ4n) is 1.70. The molecule has 0 saturated heterocycles. The Hall–Kier alpha value is -0.670. The van der Waals surface area contributed by atoms with E-state index in [2.05, 4.69) is 44.3 Å². The molecular formula is C15H25NOS. The maximum Gasteiger partial charge on any atom is 0.123 e. The van der Waals surface area contributed by atoms with Crippen LogP contribution in [0, 0.1) is 0 Å². The smallest absolute Gasteiger partial charge is 0.123 e. The van der Waals surface area contributed by atoms with Crippen LogP contribution in [0.2, 0.25) is 0 Å². The minimum absolute atomic E-state index is 0.378. The molecule has 1 aromatic carbocycles. The van der Waals surface area contributed by atoms with Gasteiger partial charge in [-0.05, 0) is 43.8 Å². The topological polar surface area (TPSA) is 21.3 Å². The van der Waals surface area contributed by atoms with Crippen molar-refractivity contribution in [2.75, 3.05) is 13.7 Å². The molecule has 0 aromatic heterocycles. The van der Waals surface area contributed by atoms with Crippen LogP contribution >= 0.6 is 11.8 Å². The molecule has 0 bridgehead atoms. The van der Waals surface area contributed by atoms with Crippen LogP contribution in [0.25, 0.3) is 0 Å². The van der Waals surface area contributed by atoms with E-state index >= 15 is 0 Å². The van der Waals surface area contributed by atoms with Crippen LogP contribution < -0.4 is 10.1 Å². The summed E-state index contributed by atoms with van der Waals surface area (Å²) in [6, 6.07) is 6.89. The number of nitrogens with one attached hydrogen (secondary N) is 1. The van der Waals surface area contributed by atoms with Crippen molar-refractivity contribution in [3.63, 3.8) is 0 Å². The van der Waals surface area contributed by atoms with Gasteiger partial charge in [0.05, 0.1) is 6.61 Å². The molecule has 1 unspecified atom stereocenters. The van der Waals surface area contributed by atoms with E-state index in [9.17, 15) is 0 Å². The molecule has 1 N–H and O–H groups in total. The van der Waals surface area contributed by atoms with Crippen LogP contribution in [0.3, 0.4) is 0 Å². The quantitative estimate of drug-likeness (QED) is 0.806. The summed E-state index contributed by atoms with van der Waals surface area (Å²) in [6.07, 6.45) is 0. The lowest BCUT2D eigenvalue weighted by Crippen LogP contribution is -2.12. The molecule has 0 heterocycles. The number of hydrogen-bond donors (Lipinski definition) is 1. The van der Waals surface area contributed by atoms with Crippen LogP contribution in [-0.2, 0) is 5.75 Å². The van der Waals surface area contributed by atoms with Gasteiger partial charge in [-0.25, -0.2) is 0 Å². The van der Waals surface area contributed by atoms with Crippen LogP contribution in [0.15, 0.2) is 18.2 Å². The van der Waals surface area contributed by atoms with Gasteiger partial charge in [-0.1, -0.05) is 19.9 Å². The second-order valence-corrected chi connectivity index (χ2v) is 6.24. The highest BCUT2D eigenvalue weighted by molar-refractivity contribution is 7.99. The van der Waals surface area contributed by atoms with Crippen molar-refractivity contribution in [1.82, 2.24) is 5.32 Å². The van der Waals surface area contributed by atoms with Gasteiger partial charge in [-0.2, -0.15) is 11.8 Å². The molecule has 0 aliphatic carbocycles. The van der Waals surface area contributed by atoms with Crippen molar-refractivity contribution in [3.8, 4) is 5.75 Å². The Bertz CT molecular complexity index is 366. The molecule has 18 heavy (non-hydrogen) atoms. The summed E-state index contributed by atoms with van der Waals surface area (Å²) in [5.74, 6) is 2.04. The summed E-state index contributed by atoms with van der Waals surface area (Å²) in [6.45, 7) is 9.38. The molecular weight excluding hydrogens is 242 g/mol. The zero-order valence-electron chi connectivity index (χ0n) is 12.1. The maximum atomic E-state index is 5.70. The standard InChI is InChI=1S/C15H25NOS/c1-6-17-15-8-7-13(12(4)16-5)9-14(15)10-18-11(2)3/h7-9,11-12,16H,6,10H2,1-5H3. The Morgan fingerprint density at radius 1 is 1.28 bits per heavy atom. The summed E-state index contributed by atoms with van der Waals surface area (Å²) < 4.78 is 5.70.